The Labute approximate surface area is 196 Å². The standard InChI is InChI=1S/C22H22ClN5O4S/c23-18-5-3-16(4-6-18)19-14-20(26-22(25-19)17-2-1-8-24-15-17)27-9-11-28(12-10-27)33(31,32)13-7-21(29)30/h1-6,8,14-15H,7,9-13H2,(H,29,30). The molecule has 1 N–H and O–H groups in total. The number of aliphatic carboxylic acids is 1. The summed E-state index contributed by atoms with van der Waals surface area (Å²) in [5.74, 6) is -0.337. The van der Waals surface area contributed by atoms with Gasteiger partial charge in [-0.1, -0.05) is 23.7 Å². The lowest BCUT2D eigenvalue weighted by Gasteiger charge is -2.34. The van der Waals surface area contributed by atoms with Crippen LogP contribution in [0.3, 0.4) is 0 Å². The van der Waals surface area contributed by atoms with Crippen molar-refractivity contribution in [3.05, 3.63) is 59.9 Å². The number of aromatic nitrogens is 3. The first-order valence-corrected chi connectivity index (χ1v) is 12.3. The van der Waals surface area contributed by atoms with Crippen LogP contribution in [0.25, 0.3) is 22.6 Å². The molecule has 0 spiro atoms. The molecule has 0 radical (unpaired) electrons. The lowest BCUT2D eigenvalue weighted by atomic mass is 10.1. The maximum Gasteiger partial charge on any atom is 0.304 e. The number of hydrogen-bond donors (Lipinski definition) is 1. The van der Waals surface area contributed by atoms with Crippen molar-refractivity contribution in [2.75, 3.05) is 36.8 Å². The van der Waals surface area contributed by atoms with E-state index >= 15 is 0 Å². The van der Waals surface area contributed by atoms with Crippen LogP contribution in [0, 0.1) is 0 Å². The van der Waals surface area contributed by atoms with Crippen molar-refractivity contribution >= 4 is 33.4 Å². The molecule has 0 bridgehead atoms. The fraction of sp³-hybridized carbons (Fsp3) is 0.273. The Bertz CT molecular complexity index is 1230. The third-order valence-electron chi connectivity index (χ3n) is 5.30. The maximum atomic E-state index is 12.4. The van der Waals surface area contributed by atoms with Gasteiger partial charge in [0.25, 0.3) is 0 Å². The van der Waals surface area contributed by atoms with Crippen LogP contribution in [-0.2, 0) is 14.8 Å². The minimum Gasteiger partial charge on any atom is -0.481 e. The van der Waals surface area contributed by atoms with Crippen LogP contribution < -0.4 is 4.90 Å². The van der Waals surface area contributed by atoms with E-state index in [9.17, 15) is 13.2 Å². The number of nitrogens with zero attached hydrogens (tertiary/aromatic N) is 5. The second-order valence-electron chi connectivity index (χ2n) is 7.53. The van der Waals surface area contributed by atoms with Crippen LogP contribution in [0.15, 0.2) is 54.9 Å². The summed E-state index contributed by atoms with van der Waals surface area (Å²) in [4.78, 5) is 26.4. The number of halogens is 1. The van der Waals surface area contributed by atoms with E-state index in [1.165, 1.54) is 4.31 Å². The number of carboxylic acid groups (broad SMARTS) is 1. The SMILES string of the molecule is O=C(O)CCS(=O)(=O)N1CCN(c2cc(-c3ccc(Cl)cc3)nc(-c3cccnc3)n2)CC1. The molecule has 3 aromatic rings. The lowest BCUT2D eigenvalue weighted by Crippen LogP contribution is -2.49. The Morgan fingerprint density at radius 2 is 1.76 bits per heavy atom. The molecule has 1 aliphatic rings. The van der Waals surface area contributed by atoms with Crippen LogP contribution in [0.5, 0.6) is 0 Å². The summed E-state index contributed by atoms with van der Waals surface area (Å²) in [6, 6.07) is 12.9. The van der Waals surface area contributed by atoms with Gasteiger partial charge in [-0.05, 0) is 24.3 Å². The van der Waals surface area contributed by atoms with Crippen molar-refractivity contribution < 1.29 is 18.3 Å². The predicted octanol–water partition coefficient (Wildman–Crippen LogP) is 2.79. The number of carboxylic acids is 1. The van der Waals surface area contributed by atoms with Crippen LogP contribution >= 0.6 is 11.6 Å². The smallest absolute Gasteiger partial charge is 0.304 e. The molecule has 0 saturated carbocycles. The average Bonchev–Trinajstić information content (AvgIpc) is 2.84. The molecule has 1 fully saturated rings. The van der Waals surface area contributed by atoms with Crippen LogP contribution in [-0.4, -0.2) is 70.7 Å². The maximum absolute atomic E-state index is 12.4. The highest BCUT2D eigenvalue weighted by Crippen LogP contribution is 2.27. The van der Waals surface area contributed by atoms with Gasteiger partial charge in [0, 0.05) is 60.8 Å². The van der Waals surface area contributed by atoms with E-state index in [0.717, 1.165) is 11.1 Å². The molecule has 1 aromatic carbocycles. The molecular formula is C22H22ClN5O4S. The van der Waals surface area contributed by atoms with Gasteiger partial charge in [-0.3, -0.25) is 9.78 Å². The highest BCUT2D eigenvalue weighted by molar-refractivity contribution is 7.89. The zero-order valence-electron chi connectivity index (χ0n) is 17.6. The number of carbonyl (C=O) groups is 1. The number of sulfonamides is 1. The Balaban J connectivity index is 1.60. The molecule has 4 rings (SSSR count). The number of hydrogen-bond acceptors (Lipinski definition) is 7. The van der Waals surface area contributed by atoms with Crippen LogP contribution in [0.4, 0.5) is 5.82 Å². The Morgan fingerprint density at radius 3 is 2.39 bits per heavy atom. The largest absolute Gasteiger partial charge is 0.481 e. The number of pyridine rings is 1. The topological polar surface area (TPSA) is 117 Å². The Morgan fingerprint density at radius 1 is 1.03 bits per heavy atom. The molecule has 11 heteroatoms. The summed E-state index contributed by atoms with van der Waals surface area (Å²) in [7, 11) is -3.62. The molecule has 0 aliphatic carbocycles. The molecule has 1 saturated heterocycles. The van der Waals surface area contributed by atoms with Crippen molar-refractivity contribution in [1.29, 1.82) is 0 Å². The lowest BCUT2D eigenvalue weighted by molar-refractivity contribution is -0.136. The molecule has 2 aromatic heterocycles. The number of benzene rings is 1. The molecule has 3 heterocycles. The van der Waals surface area contributed by atoms with E-state index in [0.29, 0.717) is 35.4 Å². The van der Waals surface area contributed by atoms with Crippen LogP contribution in [0.2, 0.25) is 5.02 Å². The number of anilines is 1. The van der Waals surface area contributed by atoms with E-state index in [1.807, 2.05) is 35.2 Å². The molecular weight excluding hydrogens is 466 g/mol. The summed E-state index contributed by atoms with van der Waals surface area (Å²) < 4.78 is 26.2. The van der Waals surface area contributed by atoms with Crippen molar-refractivity contribution in [3.8, 4) is 22.6 Å². The van der Waals surface area contributed by atoms with E-state index < -0.39 is 28.2 Å². The summed E-state index contributed by atoms with van der Waals surface area (Å²) in [6.07, 6.45) is 2.96. The molecule has 0 atom stereocenters. The van der Waals surface area contributed by atoms with Gasteiger partial charge in [0.1, 0.15) is 5.82 Å². The Hall–Kier alpha value is -3.08. The van der Waals surface area contributed by atoms with E-state index in [2.05, 4.69) is 4.98 Å². The zero-order valence-corrected chi connectivity index (χ0v) is 19.2. The minimum atomic E-state index is -3.62. The van der Waals surface area contributed by atoms with E-state index in [1.54, 1.807) is 24.5 Å². The normalized spacial score (nSPS) is 14.9. The van der Waals surface area contributed by atoms with Gasteiger partial charge in [0.15, 0.2) is 5.82 Å². The van der Waals surface area contributed by atoms with Gasteiger partial charge in [-0.2, -0.15) is 4.31 Å². The number of piperazine rings is 1. The van der Waals surface area contributed by atoms with Gasteiger partial charge >= 0.3 is 5.97 Å². The van der Waals surface area contributed by atoms with Gasteiger partial charge in [0.05, 0.1) is 17.9 Å². The number of rotatable bonds is 7. The molecule has 1 aliphatic heterocycles. The van der Waals surface area contributed by atoms with Gasteiger partial charge in [-0.15, -0.1) is 0 Å². The van der Waals surface area contributed by atoms with Gasteiger partial charge in [-0.25, -0.2) is 18.4 Å². The van der Waals surface area contributed by atoms with Crippen molar-refractivity contribution in [3.63, 3.8) is 0 Å². The molecule has 172 valence electrons. The first kappa shape index (κ1) is 23.1. The fourth-order valence-electron chi connectivity index (χ4n) is 3.53. The predicted molar refractivity (Wildman–Crippen MR) is 126 cm³/mol. The monoisotopic (exact) mass is 487 g/mol. The zero-order chi connectivity index (χ0) is 23.4. The third kappa shape index (κ3) is 5.65. The summed E-state index contributed by atoms with van der Waals surface area (Å²) >= 11 is 6.03. The minimum absolute atomic E-state index is 0.254. The highest BCUT2D eigenvalue weighted by atomic mass is 35.5. The van der Waals surface area contributed by atoms with Crippen molar-refractivity contribution in [2.24, 2.45) is 0 Å². The second kappa shape index (κ2) is 9.82. The summed E-state index contributed by atoms with van der Waals surface area (Å²) in [6.45, 7) is 1.36. The second-order valence-corrected chi connectivity index (χ2v) is 10.1. The van der Waals surface area contributed by atoms with Crippen molar-refractivity contribution in [2.45, 2.75) is 6.42 Å². The summed E-state index contributed by atoms with van der Waals surface area (Å²) in [5, 5.41) is 9.43. The highest BCUT2D eigenvalue weighted by Gasteiger charge is 2.28. The fourth-order valence-corrected chi connectivity index (χ4v) is 5.07. The van der Waals surface area contributed by atoms with Crippen LogP contribution in [0.1, 0.15) is 6.42 Å². The first-order valence-electron chi connectivity index (χ1n) is 10.3. The summed E-state index contributed by atoms with van der Waals surface area (Å²) in [5.41, 5.74) is 2.36. The molecule has 9 nitrogen and oxygen atoms in total. The van der Waals surface area contributed by atoms with Gasteiger partial charge in [0.2, 0.25) is 10.0 Å². The van der Waals surface area contributed by atoms with E-state index in [4.69, 9.17) is 26.7 Å². The average molecular weight is 488 g/mol. The van der Waals surface area contributed by atoms with E-state index in [-0.39, 0.29) is 13.1 Å². The quantitative estimate of drug-likeness (QED) is 0.540. The molecule has 0 unspecified atom stereocenters. The molecule has 0 amide bonds. The molecule has 33 heavy (non-hydrogen) atoms. The van der Waals surface area contributed by atoms with Crippen molar-refractivity contribution in [1.82, 2.24) is 19.3 Å². The Kier molecular flexibility index (Phi) is 6.87. The van der Waals surface area contributed by atoms with Gasteiger partial charge < -0.3 is 10.0 Å². The third-order valence-corrected chi connectivity index (χ3v) is 7.43. The first-order chi connectivity index (χ1) is 15.8.